The minimum absolute atomic E-state index is 0.0960. The molecule has 0 heterocycles. The molecule has 0 N–H and O–H groups in total. The normalized spacial score (nSPS) is 20.6. The van der Waals surface area contributed by atoms with Crippen LogP contribution in [-0.4, -0.2) is 18.4 Å². The largest absolute Gasteiger partial charge is 0.435 e. The highest BCUT2D eigenvalue weighted by atomic mass is 16.7. The monoisotopic (exact) mass is 312 g/mol. The number of carbonyl (C=O) groups is 1. The summed E-state index contributed by atoms with van der Waals surface area (Å²) in [5.74, 6) is -0.0960. The molecule has 2 unspecified atom stereocenters. The van der Waals surface area contributed by atoms with Gasteiger partial charge < -0.3 is 9.47 Å². The van der Waals surface area contributed by atoms with E-state index in [0.717, 1.165) is 38.5 Å². The predicted molar refractivity (Wildman–Crippen MR) is 90.6 cm³/mol. The van der Waals surface area contributed by atoms with Gasteiger partial charge in [-0.1, -0.05) is 53.9 Å². The van der Waals surface area contributed by atoms with Crippen molar-refractivity contribution in [3.63, 3.8) is 0 Å². The number of carbonyl (C=O) groups excluding carboxylic acids is 1. The molecule has 0 saturated heterocycles. The number of rotatable bonds is 8. The number of esters is 1. The summed E-state index contributed by atoms with van der Waals surface area (Å²) in [4.78, 5) is 12.7. The zero-order valence-electron chi connectivity index (χ0n) is 15.5. The molecule has 0 amide bonds. The van der Waals surface area contributed by atoms with Gasteiger partial charge in [0.2, 0.25) is 6.29 Å². The Morgan fingerprint density at radius 1 is 1.14 bits per heavy atom. The maximum atomic E-state index is 12.7. The van der Waals surface area contributed by atoms with Crippen molar-refractivity contribution >= 4 is 5.97 Å². The Morgan fingerprint density at radius 2 is 1.73 bits per heavy atom. The Labute approximate surface area is 137 Å². The Hall–Kier alpha value is -0.570. The molecule has 3 nitrogen and oxygen atoms in total. The molecule has 130 valence electrons. The Kier molecular flexibility index (Phi) is 7.37. The van der Waals surface area contributed by atoms with Gasteiger partial charge in [-0.05, 0) is 38.0 Å². The van der Waals surface area contributed by atoms with Crippen molar-refractivity contribution in [2.24, 2.45) is 10.8 Å². The van der Waals surface area contributed by atoms with Crippen LogP contribution >= 0.6 is 0 Å². The first kappa shape index (κ1) is 19.5. The first-order valence-corrected chi connectivity index (χ1v) is 9.06. The Morgan fingerprint density at radius 3 is 2.18 bits per heavy atom. The highest BCUT2D eigenvalue weighted by molar-refractivity contribution is 5.76. The number of hydrogen-bond donors (Lipinski definition) is 0. The summed E-state index contributed by atoms with van der Waals surface area (Å²) in [5.41, 5.74) is -0.320. The predicted octanol–water partition coefficient (Wildman–Crippen LogP) is 5.47. The quantitative estimate of drug-likeness (QED) is 0.440. The third kappa shape index (κ3) is 6.28. The van der Waals surface area contributed by atoms with E-state index in [2.05, 4.69) is 34.6 Å². The molecule has 1 fully saturated rings. The lowest BCUT2D eigenvalue weighted by Gasteiger charge is -2.34. The van der Waals surface area contributed by atoms with E-state index in [1.54, 1.807) is 0 Å². The van der Waals surface area contributed by atoms with Gasteiger partial charge >= 0.3 is 5.97 Å². The van der Waals surface area contributed by atoms with Crippen molar-refractivity contribution in [3.8, 4) is 0 Å². The molecule has 0 aliphatic heterocycles. The van der Waals surface area contributed by atoms with Crippen molar-refractivity contribution < 1.29 is 14.3 Å². The summed E-state index contributed by atoms with van der Waals surface area (Å²) in [6, 6.07) is 0. The summed E-state index contributed by atoms with van der Waals surface area (Å²) in [6.45, 7) is 12.7. The third-order valence-electron chi connectivity index (χ3n) is 4.60. The summed E-state index contributed by atoms with van der Waals surface area (Å²) in [7, 11) is 0. The van der Waals surface area contributed by atoms with Gasteiger partial charge in [0.15, 0.2) is 0 Å². The van der Waals surface area contributed by atoms with Gasteiger partial charge in [0.1, 0.15) is 0 Å². The molecule has 1 aliphatic rings. The zero-order chi connectivity index (χ0) is 16.8. The van der Waals surface area contributed by atoms with E-state index in [-0.39, 0.29) is 23.8 Å². The van der Waals surface area contributed by atoms with Crippen LogP contribution in [0.25, 0.3) is 0 Å². The van der Waals surface area contributed by atoms with E-state index in [1.165, 1.54) is 12.8 Å². The highest BCUT2D eigenvalue weighted by Gasteiger charge is 2.38. The van der Waals surface area contributed by atoms with Gasteiger partial charge in [-0.2, -0.15) is 0 Å². The van der Waals surface area contributed by atoms with E-state index < -0.39 is 5.41 Å². The van der Waals surface area contributed by atoms with E-state index in [1.807, 2.05) is 6.92 Å². The van der Waals surface area contributed by atoms with Crippen LogP contribution in [0.5, 0.6) is 0 Å². The molecule has 0 aromatic carbocycles. The lowest BCUT2D eigenvalue weighted by atomic mass is 9.73. The standard InChI is InChI=1S/C19H36O3/c1-7-11-16(21-15-12-9-10-13-15)22-17(20)19(6,8-2)14-18(3,4)5/h15-16H,7-14H2,1-6H3. The third-order valence-corrected chi connectivity index (χ3v) is 4.60. The van der Waals surface area contributed by atoms with Crippen LogP contribution in [0.2, 0.25) is 0 Å². The average Bonchev–Trinajstić information content (AvgIpc) is 2.89. The zero-order valence-corrected chi connectivity index (χ0v) is 15.5. The fourth-order valence-electron chi connectivity index (χ4n) is 3.40. The summed E-state index contributed by atoms with van der Waals surface area (Å²) >= 11 is 0. The topological polar surface area (TPSA) is 35.5 Å². The van der Waals surface area contributed by atoms with Crippen LogP contribution in [-0.2, 0) is 14.3 Å². The maximum absolute atomic E-state index is 12.7. The minimum Gasteiger partial charge on any atom is -0.435 e. The van der Waals surface area contributed by atoms with Crippen LogP contribution in [0.15, 0.2) is 0 Å². The Balaban J connectivity index is 2.66. The lowest BCUT2D eigenvalue weighted by Crippen LogP contribution is -2.37. The second-order valence-electron chi connectivity index (χ2n) is 8.32. The molecule has 0 spiro atoms. The van der Waals surface area contributed by atoms with Crippen molar-refractivity contribution in [1.29, 1.82) is 0 Å². The summed E-state index contributed by atoms with van der Waals surface area (Å²) in [5, 5.41) is 0. The first-order valence-electron chi connectivity index (χ1n) is 9.06. The van der Waals surface area contributed by atoms with Gasteiger partial charge in [-0.25, -0.2) is 0 Å². The van der Waals surface area contributed by atoms with Crippen LogP contribution in [0.3, 0.4) is 0 Å². The van der Waals surface area contributed by atoms with Gasteiger partial charge in [0, 0.05) is 6.42 Å². The highest BCUT2D eigenvalue weighted by Crippen LogP contribution is 2.38. The summed E-state index contributed by atoms with van der Waals surface area (Å²) < 4.78 is 11.8. The van der Waals surface area contributed by atoms with Crippen LogP contribution in [0.1, 0.15) is 92.9 Å². The molecule has 0 aromatic heterocycles. The lowest BCUT2D eigenvalue weighted by molar-refractivity contribution is -0.202. The van der Waals surface area contributed by atoms with E-state index in [9.17, 15) is 4.79 Å². The van der Waals surface area contributed by atoms with Gasteiger partial charge in [0.05, 0.1) is 11.5 Å². The fourth-order valence-corrected chi connectivity index (χ4v) is 3.40. The second kappa shape index (κ2) is 8.33. The minimum atomic E-state index is -0.427. The molecule has 1 aliphatic carbocycles. The molecule has 0 bridgehead atoms. The van der Waals surface area contributed by atoms with Crippen LogP contribution in [0, 0.1) is 10.8 Å². The van der Waals surface area contributed by atoms with Gasteiger partial charge in [-0.3, -0.25) is 4.79 Å². The van der Waals surface area contributed by atoms with Crippen molar-refractivity contribution in [2.75, 3.05) is 0 Å². The smallest absolute Gasteiger partial charge is 0.314 e. The molecular weight excluding hydrogens is 276 g/mol. The van der Waals surface area contributed by atoms with Crippen LogP contribution in [0.4, 0.5) is 0 Å². The molecule has 1 saturated carbocycles. The van der Waals surface area contributed by atoms with Crippen LogP contribution < -0.4 is 0 Å². The molecule has 3 heteroatoms. The van der Waals surface area contributed by atoms with Crippen molar-refractivity contribution in [2.45, 2.75) is 105 Å². The number of hydrogen-bond acceptors (Lipinski definition) is 3. The molecular formula is C19H36O3. The average molecular weight is 312 g/mol. The van der Waals surface area contributed by atoms with Crippen molar-refractivity contribution in [1.82, 2.24) is 0 Å². The van der Waals surface area contributed by atoms with Gasteiger partial charge in [-0.15, -0.1) is 0 Å². The Bertz CT molecular complexity index is 339. The van der Waals surface area contributed by atoms with Gasteiger partial charge in [0.25, 0.3) is 0 Å². The molecule has 1 rings (SSSR count). The SMILES string of the molecule is CCCC(OC(=O)C(C)(CC)CC(C)(C)C)OC1CCCC1. The molecule has 2 atom stereocenters. The fraction of sp³-hybridized carbons (Fsp3) is 0.947. The first-order chi connectivity index (χ1) is 10.2. The second-order valence-corrected chi connectivity index (χ2v) is 8.32. The van der Waals surface area contributed by atoms with Crippen molar-refractivity contribution in [3.05, 3.63) is 0 Å². The molecule has 0 radical (unpaired) electrons. The number of ether oxygens (including phenoxy) is 2. The maximum Gasteiger partial charge on any atom is 0.314 e. The summed E-state index contributed by atoms with van der Waals surface area (Å²) in [6.07, 6.45) is 7.96. The van der Waals surface area contributed by atoms with E-state index in [4.69, 9.17) is 9.47 Å². The molecule has 0 aromatic rings. The van der Waals surface area contributed by atoms with E-state index in [0.29, 0.717) is 0 Å². The van der Waals surface area contributed by atoms with E-state index >= 15 is 0 Å². The molecule has 22 heavy (non-hydrogen) atoms.